The molecule has 1 aliphatic heterocycles. The summed E-state index contributed by atoms with van der Waals surface area (Å²) in [6.45, 7) is 1.19. The van der Waals surface area contributed by atoms with E-state index >= 15 is 0 Å². The van der Waals surface area contributed by atoms with Crippen molar-refractivity contribution >= 4 is 15.9 Å². The Hall–Kier alpha value is -0.590. The van der Waals surface area contributed by atoms with Crippen LogP contribution in [0, 0.1) is 0 Å². The van der Waals surface area contributed by atoms with E-state index in [1.807, 2.05) is 0 Å². The molecule has 1 heterocycles. The molecule has 0 spiro atoms. The van der Waals surface area contributed by atoms with Crippen LogP contribution in [-0.2, 0) is 11.8 Å². The van der Waals surface area contributed by atoms with Gasteiger partial charge in [0, 0.05) is 4.47 Å². The van der Waals surface area contributed by atoms with Gasteiger partial charge in [0.05, 0.1) is 11.2 Å². The Labute approximate surface area is 111 Å². The monoisotopic (exact) mass is 323 g/mol. The van der Waals surface area contributed by atoms with Crippen LogP contribution in [0.15, 0.2) is 22.7 Å². The van der Waals surface area contributed by atoms with Gasteiger partial charge in [-0.1, -0.05) is 15.9 Å². The fourth-order valence-corrected chi connectivity index (χ4v) is 2.78. The van der Waals surface area contributed by atoms with Gasteiger partial charge >= 0.3 is 6.18 Å². The molecule has 2 rings (SSSR count). The van der Waals surface area contributed by atoms with Gasteiger partial charge in [0.1, 0.15) is 0 Å². The zero-order chi connectivity index (χ0) is 13.4. The van der Waals surface area contributed by atoms with Crippen LogP contribution in [0.3, 0.4) is 0 Å². The summed E-state index contributed by atoms with van der Waals surface area (Å²) >= 11 is 3.22. The molecule has 1 aromatic rings. The van der Waals surface area contributed by atoms with E-state index in [0.29, 0.717) is 36.0 Å². The Bertz CT molecular complexity index is 441. The predicted octanol–water partition coefficient (Wildman–Crippen LogP) is 3.04. The molecule has 0 amide bonds. The highest BCUT2D eigenvalue weighted by molar-refractivity contribution is 9.10. The first-order valence-corrected chi connectivity index (χ1v) is 6.42. The number of piperidine rings is 1. The standard InChI is InChI=1S/C12H13BrF3NO/c13-10-2-1-8(12(14,15)16)7-9(10)11(18)3-5-17-6-4-11/h1-2,7,17-18H,3-6H2. The van der Waals surface area contributed by atoms with Crippen molar-refractivity contribution in [1.82, 2.24) is 5.32 Å². The first-order chi connectivity index (χ1) is 8.33. The van der Waals surface area contributed by atoms with Crippen LogP contribution in [0.2, 0.25) is 0 Å². The van der Waals surface area contributed by atoms with Gasteiger partial charge in [0.15, 0.2) is 0 Å². The molecule has 0 bridgehead atoms. The van der Waals surface area contributed by atoms with Gasteiger partial charge in [-0.05, 0) is 49.7 Å². The van der Waals surface area contributed by atoms with Gasteiger partial charge in [0.25, 0.3) is 0 Å². The van der Waals surface area contributed by atoms with Crippen LogP contribution in [0.25, 0.3) is 0 Å². The molecule has 18 heavy (non-hydrogen) atoms. The zero-order valence-electron chi connectivity index (χ0n) is 9.52. The van der Waals surface area contributed by atoms with Gasteiger partial charge in [0.2, 0.25) is 0 Å². The number of nitrogens with one attached hydrogen (secondary N) is 1. The summed E-state index contributed by atoms with van der Waals surface area (Å²) in [6, 6.07) is 3.39. The predicted molar refractivity (Wildman–Crippen MR) is 65.1 cm³/mol. The number of halogens is 4. The Kier molecular flexibility index (Phi) is 3.71. The lowest BCUT2D eigenvalue weighted by molar-refractivity contribution is -0.137. The van der Waals surface area contributed by atoms with Crippen LogP contribution >= 0.6 is 15.9 Å². The van der Waals surface area contributed by atoms with E-state index in [1.165, 1.54) is 6.07 Å². The Balaban J connectivity index is 2.43. The maximum atomic E-state index is 12.7. The largest absolute Gasteiger partial charge is 0.416 e. The third kappa shape index (κ3) is 2.70. The van der Waals surface area contributed by atoms with Crippen molar-refractivity contribution < 1.29 is 18.3 Å². The molecule has 2 nitrogen and oxygen atoms in total. The molecular formula is C12H13BrF3NO. The van der Waals surface area contributed by atoms with Crippen LogP contribution in [0.1, 0.15) is 24.0 Å². The lowest BCUT2D eigenvalue weighted by atomic mass is 9.84. The second kappa shape index (κ2) is 4.83. The van der Waals surface area contributed by atoms with E-state index in [4.69, 9.17) is 0 Å². The molecule has 0 radical (unpaired) electrons. The van der Waals surface area contributed by atoms with E-state index in [2.05, 4.69) is 21.2 Å². The minimum absolute atomic E-state index is 0.318. The summed E-state index contributed by atoms with van der Waals surface area (Å²) in [5, 5.41) is 13.6. The normalized spacial score (nSPS) is 19.8. The van der Waals surface area contributed by atoms with Crippen LogP contribution < -0.4 is 5.32 Å². The lowest BCUT2D eigenvalue weighted by Crippen LogP contribution is -2.40. The second-order valence-electron chi connectivity index (χ2n) is 4.47. The highest BCUT2D eigenvalue weighted by atomic mass is 79.9. The van der Waals surface area contributed by atoms with E-state index in [1.54, 1.807) is 0 Å². The van der Waals surface area contributed by atoms with Crippen LogP contribution in [-0.4, -0.2) is 18.2 Å². The molecule has 1 aromatic carbocycles. The highest BCUT2D eigenvalue weighted by Crippen LogP contribution is 2.39. The number of alkyl halides is 3. The first kappa shape index (κ1) is 13.8. The molecule has 1 saturated heterocycles. The maximum Gasteiger partial charge on any atom is 0.416 e. The van der Waals surface area contributed by atoms with Gasteiger partial charge in [-0.3, -0.25) is 0 Å². The van der Waals surface area contributed by atoms with Crippen molar-refractivity contribution in [2.45, 2.75) is 24.6 Å². The number of hydrogen-bond donors (Lipinski definition) is 2. The minimum Gasteiger partial charge on any atom is -0.385 e. The van der Waals surface area contributed by atoms with E-state index in [9.17, 15) is 18.3 Å². The van der Waals surface area contributed by atoms with E-state index < -0.39 is 17.3 Å². The quantitative estimate of drug-likeness (QED) is 0.832. The van der Waals surface area contributed by atoms with Gasteiger partial charge in [-0.15, -0.1) is 0 Å². The SMILES string of the molecule is OC1(c2cc(C(F)(F)F)ccc2Br)CCNCC1. The third-order valence-electron chi connectivity index (χ3n) is 3.23. The smallest absolute Gasteiger partial charge is 0.385 e. The van der Waals surface area contributed by atoms with E-state index in [0.717, 1.165) is 12.1 Å². The summed E-state index contributed by atoms with van der Waals surface area (Å²) < 4.78 is 38.6. The van der Waals surface area contributed by atoms with Crippen LogP contribution in [0.5, 0.6) is 0 Å². The molecule has 0 unspecified atom stereocenters. The molecule has 100 valence electrons. The van der Waals surface area contributed by atoms with Crippen molar-refractivity contribution in [3.05, 3.63) is 33.8 Å². The van der Waals surface area contributed by atoms with Crippen LogP contribution in [0.4, 0.5) is 13.2 Å². The van der Waals surface area contributed by atoms with Crippen molar-refractivity contribution in [3.63, 3.8) is 0 Å². The summed E-state index contributed by atoms with van der Waals surface area (Å²) in [5.74, 6) is 0. The van der Waals surface area contributed by atoms with E-state index in [-0.39, 0.29) is 0 Å². The van der Waals surface area contributed by atoms with Crippen molar-refractivity contribution in [3.8, 4) is 0 Å². The maximum absolute atomic E-state index is 12.7. The third-order valence-corrected chi connectivity index (χ3v) is 3.92. The summed E-state index contributed by atoms with van der Waals surface area (Å²) in [7, 11) is 0. The van der Waals surface area contributed by atoms with Crippen molar-refractivity contribution in [2.24, 2.45) is 0 Å². The Morgan fingerprint density at radius 3 is 2.39 bits per heavy atom. The average Bonchev–Trinajstić information content (AvgIpc) is 2.28. The molecule has 2 N–H and O–H groups in total. The number of rotatable bonds is 1. The number of benzene rings is 1. The topological polar surface area (TPSA) is 32.3 Å². The fourth-order valence-electron chi connectivity index (χ4n) is 2.17. The molecule has 0 aromatic heterocycles. The summed E-state index contributed by atoms with van der Waals surface area (Å²) in [6.07, 6.45) is -3.57. The fraction of sp³-hybridized carbons (Fsp3) is 0.500. The molecule has 0 aliphatic carbocycles. The zero-order valence-corrected chi connectivity index (χ0v) is 11.1. The molecular weight excluding hydrogens is 311 g/mol. The Morgan fingerprint density at radius 1 is 1.22 bits per heavy atom. The summed E-state index contributed by atoms with van der Waals surface area (Å²) in [4.78, 5) is 0. The number of hydrogen-bond acceptors (Lipinski definition) is 2. The Morgan fingerprint density at radius 2 is 1.83 bits per heavy atom. The van der Waals surface area contributed by atoms with Gasteiger partial charge < -0.3 is 10.4 Å². The molecule has 0 atom stereocenters. The van der Waals surface area contributed by atoms with Crippen molar-refractivity contribution in [2.75, 3.05) is 13.1 Å². The van der Waals surface area contributed by atoms with Gasteiger partial charge in [-0.25, -0.2) is 0 Å². The number of aliphatic hydroxyl groups is 1. The highest BCUT2D eigenvalue weighted by Gasteiger charge is 2.36. The second-order valence-corrected chi connectivity index (χ2v) is 5.33. The molecule has 1 aliphatic rings. The average molecular weight is 324 g/mol. The summed E-state index contributed by atoms with van der Waals surface area (Å²) in [5.41, 5.74) is -1.60. The van der Waals surface area contributed by atoms with Crippen molar-refractivity contribution in [1.29, 1.82) is 0 Å². The molecule has 1 fully saturated rings. The van der Waals surface area contributed by atoms with Gasteiger partial charge in [-0.2, -0.15) is 13.2 Å². The lowest BCUT2D eigenvalue weighted by Gasteiger charge is -2.34. The molecule has 6 heteroatoms. The minimum atomic E-state index is -4.39. The molecule has 0 saturated carbocycles. The first-order valence-electron chi connectivity index (χ1n) is 5.63.